The van der Waals surface area contributed by atoms with Gasteiger partial charge in [-0.25, -0.2) is 13.9 Å². The molecule has 31 heavy (non-hydrogen) atoms. The first kappa shape index (κ1) is 19.7. The highest BCUT2D eigenvalue weighted by molar-refractivity contribution is 7.17. The molecule has 1 atom stereocenters. The molecule has 1 fully saturated rings. The van der Waals surface area contributed by atoms with Gasteiger partial charge in [0.15, 0.2) is 0 Å². The number of amides is 1. The molecule has 0 radical (unpaired) electrons. The largest absolute Gasteiger partial charge is 0.376 e. The third-order valence-electron chi connectivity index (χ3n) is 5.43. The topological polar surface area (TPSA) is 99.6 Å². The van der Waals surface area contributed by atoms with E-state index in [9.17, 15) is 14.4 Å². The number of thiophene rings is 1. The standard InChI is InChI=1S/C21H21N5O4S/c1-13-4-6-14(7-5-13)22-17(27)12-25-21(29)26-16-8-10-31-18(16)19(28)24(20(26)23-25)11-15-3-2-9-30-15/h4-8,10,15H,2-3,9,11-12H2,1H3,(H,22,27). The molecule has 160 valence electrons. The Morgan fingerprint density at radius 3 is 2.81 bits per heavy atom. The number of aryl methyl sites for hydroxylation is 1. The molecule has 9 nitrogen and oxygen atoms in total. The van der Waals surface area contributed by atoms with Gasteiger partial charge in [0.1, 0.15) is 11.2 Å². The van der Waals surface area contributed by atoms with Crippen molar-refractivity contribution in [3.63, 3.8) is 0 Å². The third-order valence-corrected chi connectivity index (χ3v) is 6.32. The highest BCUT2D eigenvalue weighted by atomic mass is 32.1. The molecule has 4 heterocycles. The fourth-order valence-corrected chi connectivity index (χ4v) is 4.69. The predicted molar refractivity (Wildman–Crippen MR) is 118 cm³/mol. The number of nitrogens with one attached hydrogen (secondary N) is 1. The number of nitrogens with zero attached hydrogens (tertiary/aromatic N) is 4. The summed E-state index contributed by atoms with van der Waals surface area (Å²) in [5.41, 5.74) is 1.57. The van der Waals surface area contributed by atoms with E-state index in [1.165, 1.54) is 20.3 Å². The molecule has 1 aliphatic heterocycles. The average molecular weight is 439 g/mol. The number of carbonyl (C=O) groups is 1. The summed E-state index contributed by atoms with van der Waals surface area (Å²) in [6.07, 6.45) is 1.70. The molecule has 1 N–H and O–H groups in total. The lowest BCUT2D eigenvalue weighted by molar-refractivity contribution is -0.117. The maximum Gasteiger partial charge on any atom is 0.352 e. The zero-order chi connectivity index (χ0) is 21.5. The van der Waals surface area contributed by atoms with Gasteiger partial charge in [-0.05, 0) is 43.3 Å². The van der Waals surface area contributed by atoms with Gasteiger partial charge in [0.2, 0.25) is 11.7 Å². The summed E-state index contributed by atoms with van der Waals surface area (Å²) in [5, 5.41) is 8.90. The highest BCUT2D eigenvalue weighted by Gasteiger charge is 2.23. The van der Waals surface area contributed by atoms with Crippen LogP contribution in [-0.4, -0.2) is 37.4 Å². The molecular weight excluding hydrogens is 418 g/mol. The van der Waals surface area contributed by atoms with Crippen molar-refractivity contribution in [3.05, 3.63) is 62.1 Å². The van der Waals surface area contributed by atoms with Crippen LogP contribution in [0.2, 0.25) is 0 Å². The molecule has 0 saturated carbocycles. The maximum atomic E-state index is 13.1. The summed E-state index contributed by atoms with van der Waals surface area (Å²) in [6.45, 7) is 2.69. The number of aromatic nitrogens is 4. The third kappa shape index (κ3) is 3.57. The molecule has 0 spiro atoms. The molecule has 0 aliphatic carbocycles. The lowest BCUT2D eigenvalue weighted by Gasteiger charge is -2.12. The number of carbonyl (C=O) groups excluding carboxylic acids is 1. The normalized spacial score (nSPS) is 16.4. The van der Waals surface area contributed by atoms with E-state index in [1.807, 2.05) is 19.1 Å². The molecule has 1 amide bonds. The van der Waals surface area contributed by atoms with Crippen molar-refractivity contribution >= 4 is 38.9 Å². The molecule has 1 saturated heterocycles. The van der Waals surface area contributed by atoms with Crippen molar-refractivity contribution in [3.8, 4) is 0 Å². The van der Waals surface area contributed by atoms with Crippen molar-refractivity contribution in [2.75, 3.05) is 11.9 Å². The van der Waals surface area contributed by atoms with Crippen LogP contribution in [0.4, 0.5) is 5.69 Å². The van der Waals surface area contributed by atoms with Gasteiger partial charge in [0, 0.05) is 12.3 Å². The molecule has 1 unspecified atom stereocenters. The summed E-state index contributed by atoms with van der Waals surface area (Å²) in [5.74, 6) is -0.150. The number of benzene rings is 1. The Morgan fingerprint density at radius 1 is 1.26 bits per heavy atom. The second-order valence-corrected chi connectivity index (χ2v) is 8.59. The summed E-state index contributed by atoms with van der Waals surface area (Å²) < 4.78 is 10.2. The molecule has 1 aromatic carbocycles. The number of hydrogen-bond donors (Lipinski definition) is 1. The summed E-state index contributed by atoms with van der Waals surface area (Å²) in [6, 6.07) is 9.11. The zero-order valence-electron chi connectivity index (χ0n) is 16.9. The number of ether oxygens (including phenoxy) is 1. The van der Waals surface area contributed by atoms with Crippen LogP contribution >= 0.6 is 11.3 Å². The predicted octanol–water partition coefficient (Wildman–Crippen LogP) is 2.00. The Hall–Kier alpha value is -3.24. The zero-order valence-corrected chi connectivity index (χ0v) is 17.7. The van der Waals surface area contributed by atoms with E-state index in [0.717, 1.165) is 23.1 Å². The fourth-order valence-electron chi connectivity index (χ4n) is 3.87. The molecule has 3 aromatic heterocycles. The van der Waals surface area contributed by atoms with E-state index >= 15 is 0 Å². The van der Waals surface area contributed by atoms with Crippen LogP contribution in [0.25, 0.3) is 16.0 Å². The quantitative estimate of drug-likeness (QED) is 0.513. The second kappa shape index (κ2) is 7.78. The Balaban J connectivity index is 1.54. The summed E-state index contributed by atoms with van der Waals surface area (Å²) >= 11 is 1.29. The molecule has 5 rings (SSSR count). The van der Waals surface area contributed by atoms with E-state index in [-0.39, 0.29) is 29.9 Å². The van der Waals surface area contributed by atoms with Gasteiger partial charge in [-0.15, -0.1) is 16.4 Å². The van der Waals surface area contributed by atoms with Gasteiger partial charge in [-0.2, -0.15) is 0 Å². The molecule has 4 aromatic rings. The Morgan fingerprint density at radius 2 is 2.06 bits per heavy atom. The Kier molecular flexibility index (Phi) is 4.95. The molecule has 1 aliphatic rings. The second-order valence-electron chi connectivity index (χ2n) is 7.68. The maximum absolute atomic E-state index is 13.1. The Bertz CT molecular complexity index is 1390. The minimum atomic E-state index is -0.460. The fraction of sp³-hybridized carbons (Fsp3) is 0.333. The van der Waals surface area contributed by atoms with E-state index < -0.39 is 5.69 Å². The van der Waals surface area contributed by atoms with Crippen molar-refractivity contribution in [2.45, 2.75) is 39.0 Å². The van der Waals surface area contributed by atoms with Crippen LogP contribution in [0.1, 0.15) is 18.4 Å². The van der Waals surface area contributed by atoms with E-state index in [4.69, 9.17) is 4.74 Å². The van der Waals surface area contributed by atoms with Crippen molar-refractivity contribution in [1.29, 1.82) is 0 Å². The molecule has 0 bridgehead atoms. The first-order chi connectivity index (χ1) is 15.0. The molecular formula is C21H21N5O4S. The number of rotatable bonds is 5. The minimum Gasteiger partial charge on any atom is -0.376 e. The van der Waals surface area contributed by atoms with Crippen LogP contribution < -0.4 is 16.6 Å². The van der Waals surface area contributed by atoms with Crippen LogP contribution in [0.3, 0.4) is 0 Å². The van der Waals surface area contributed by atoms with Crippen LogP contribution in [-0.2, 0) is 22.6 Å². The van der Waals surface area contributed by atoms with Crippen LogP contribution in [0, 0.1) is 6.92 Å². The van der Waals surface area contributed by atoms with Crippen molar-refractivity contribution in [2.24, 2.45) is 0 Å². The minimum absolute atomic E-state index is 0.0935. The van der Waals surface area contributed by atoms with Gasteiger partial charge < -0.3 is 10.1 Å². The summed E-state index contributed by atoms with van der Waals surface area (Å²) in [4.78, 5) is 38.7. The van der Waals surface area contributed by atoms with Crippen LogP contribution in [0.5, 0.6) is 0 Å². The van der Waals surface area contributed by atoms with Gasteiger partial charge >= 0.3 is 5.69 Å². The van der Waals surface area contributed by atoms with E-state index in [2.05, 4.69) is 10.4 Å². The molecule has 10 heteroatoms. The monoisotopic (exact) mass is 439 g/mol. The first-order valence-corrected chi connectivity index (χ1v) is 11.0. The lowest BCUT2D eigenvalue weighted by atomic mass is 10.2. The number of anilines is 1. The van der Waals surface area contributed by atoms with E-state index in [0.29, 0.717) is 29.1 Å². The number of hydrogen-bond acceptors (Lipinski definition) is 6. The smallest absolute Gasteiger partial charge is 0.352 e. The first-order valence-electron chi connectivity index (χ1n) is 10.1. The lowest BCUT2D eigenvalue weighted by Crippen LogP contribution is -2.30. The van der Waals surface area contributed by atoms with Crippen molar-refractivity contribution < 1.29 is 9.53 Å². The average Bonchev–Trinajstić information content (AvgIpc) is 3.48. The van der Waals surface area contributed by atoms with Gasteiger partial charge in [-0.1, -0.05) is 17.7 Å². The highest BCUT2D eigenvalue weighted by Crippen LogP contribution is 2.19. The van der Waals surface area contributed by atoms with Crippen molar-refractivity contribution in [1.82, 2.24) is 18.7 Å². The van der Waals surface area contributed by atoms with Gasteiger partial charge in [0.25, 0.3) is 5.56 Å². The van der Waals surface area contributed by atoms with Gasteiger partial charge in [0.05, 0.1) is 18.2 Å². The summed E-state index contributed by atoms with van der Waals surface area (Å²) in [7, 11) is 0. The van der Waals surface area contributed by atoms with Gasteiger partial charge in [-0.3, -0.25) is 14.2 Å². The SMILES string of the molecule is Cc1ccc(NC(=O)Cn2nc3n(CC4CCCO4)c(=O)c4sccc4n3c2=O)cc1. The Labute approximate surface area is 180 Å². The van der Waals surface area contributed by atoms with Crippen LogP contribution in [0.15, 0.2) is 45.3 Å². The number of fused-ring (bicyclic) bond motifs is 3. The van der Waals surface area contributed by atoms with E-state index in [1.54, 1.807) is 23.6 Å².